The molecule has 2 N–H and O–H groups in total. The normalized spacial score (nSPS) is 22.5. The molecule has 1 aliphatic heterocycles. The molecule has 2 aliphatic rings. The average Bonchev–Trinajstić information content (AvgIpc) is 3.24. The standard InChI is InChI=1S/C15H22N2/c16-15(12-4-5-12)13-6-8-14(9-7-13)17-10-2-1-3-11-17/h6-9,12,15H,1-5,10-11,16H2/t15-/m0/s1. The zero-order valence-corrected chi connectivity index (χ0v) is 10.4. The van der Waals surface area contributed by atoms with E-state index < -0.39 is 0 Å². The van der Waals surface area contributed by atoms with Crippen LogP contribution in [0.4, 0.5) is 5.69 Å². The molecule has 0 amide bonds. The maximum absolute atomic E-state index is 6.22. The molecule has 1 saturated heterocycles. The lowest BCUT2D eigenvalue weighted by Crippen LogP contribution is -2.29. The maximum Gasteiger partial charge on any atom is 0.0366 e. The molecule has 2 heteroatoms. The van der Waals surface area contributed by atoms with Crippen molar-refractivity contribution < 1.29 is 0 Å². The quantitative estimate of drug-likeness (QED) is 0.864. The number of hydrogen-bond donors (Lipinski definition) is 1. The predicted molar refractivity (Wildman–Crippen MR) is 72.2 cm³/mol. The third kappa shape index (κ3) is 2.47. The summed E-state index contributed by atoms with van der Waals surface area (Å²) in [5.74, 6) is 0.746. The van der Waals surface area contributed by atoms with Gasteiger partial charge in [0.2, 0.25) is 0 Å². The summed E-state index contributed by atoms with van der Waals surface area (Å²) < 4.78 is 0. The summed E-state index contributed by atoms with van der Waals surface area (Å²) in [4.78, 5) is 2.50. The average molecular weight is 230 g/mol. The Kier molecular flexibility index (Phi) is 3.06. The Morgan fingerprint density at radius 2 is 1.65 bits per heavy atom. The Morgan fingerprint density at radius 1 is 1.00 bits per heavy atom. The number of piperidine rings is 1. The van der Waals surface area contributed by atoms with Crippen molar-refractivity contribution in [3.05, 3.63) is 29.8 Å². The van der Waals surface area contributed by atoms with Gasteiger partial charge in [-0.05, 0) is 55.7 Å². The van der Waals surface area contributed by atoms with E-state index in [9.17, 15) is 0 Å². The van der Waals surface area contributed by atoms with E-state index in [1.165, 1.54) is 56.4 Å². The lowest BCUT2D eigenvalue weighted by Gasteiger charge is -2.29. The molecule has 1 atom stereocenters. The van der Waals surface area contributed by atoms with Crippen molar-refractivity contribution >= 4 is 5.69 Å². The van der Waals surface area contributed by atoms with Crippen molar-refractivity contribution in [1.29, 1.82) is 0 Å². The largest absolute Gasteiger partial charge is 0.372 e. The zero-order valence-electron chi connectivity index (χ0n) is 10.4. The van der Waals surface area contributed by atoms with Crippen LogP contribution >= 0.6 is 0 Å². The second kappa shape index (κ2) is 4.69. The minimum absolute atomic E-state index is 0.269. The van der Waals surface area contributed by atoms with Crippen LogP contribution in [0.5, 0.6) is 0 Å². The number of hydrogen-bond acceptors (Lipinski definition) is 2. The van der Waals surface area contributed by atoms with Crippen molar-refractivity contribution in [2.45, 2.75) is 38.1 Å². The van der Waals surface area contributed by atoms with E-state index in [1.807, 2.05) is 0 Å². The lowest BCUT2D eigenvalue weighted by atomic mass is 10.0. The summed E-state index contributed by atoms with van der Waals surface area (Å²) in [5.41, 5.74) is 8.90. The molecular weight excluding hydrogens is 208 g/mol. The first-order chi connectivity index (χ1) is 8.34. The van der Waals surface area contributed by atoms with Crippen molar-refractivity contribution in [2.75, 3.05) is 18.0 Å². The fourth-order valence-electron chi connectivity index (χ4n) is 2.79. The van der Waals surface area contributed by atoms with Crippen molar-refractivity contribution in [3.8, 4) is 0 Å². The van der Waals surface area contributed by atoms with Crippen LogP contribution in [0.15, 0.2) is 24.3 Å². The van der Waals surface area contributed by atoms with E-state index in [0.717, 1.165) is 5.92 Å². The van der Waals surface area contributed by atoms with Gasteiger partial charge in [0.05, 0.1) is 0 Å². The highest BCUT2D eigenvalue weighted by atomic mass is 15.1. The van der Waals surface area contributed by atoms with Crippen LogP contribution < -0.4 is 10.6 Å². The van der Waals surface area contributed by atoms with Gasteiger partial charge in [0.15, 0.2) is 0 Å². The predicted octanol–water partition coefficient (Wildman–Crippen LogP) is 3.09. The van der Waals surface area contributed by atoms with Crippen molar-refractivity contribution in [1.82, 2.24) is 0 Å². The van der Waals surface area contributed by atoms with E-state index in [2.05, 4.69) is 29.2 Å². The van der Waals surface area contributed by atoms with E-state index in [4.69, 9.17) is 5.73 Å². The number of nitrogens with zero attached hydrogens (tertiary/aromatic N) is 1. The Balaban J connectivity index is 1.70. The molecule has 1 aromatic rings. The molecule has 0 unspecified atom stereocenters. The second-order valence-electron chi connectivity index (χ2n) is 5.50. The SMILES string of the molecule is N[C@H](c1ccc(N2CCCCC2)cc1)C1CC1. The number of benzene rings is 1. The van der Waals surface area contributed by atoms with Gasteiger partial charge in [0, 0.05) is 24.8 Å². The van der Waals surface area contributed by atoms with Gasteiger partial charge in [-0.25, -0.2) is 0 Å². The van der Waals surface area contributed by atoms with Crippen LogP contribution in [-0.2, 0) is 0 Å². The molecule has 92 valence electrons. The molecule has 0 aromatic heterocycles. The van der Waals surface area contributed by atoms with E-state index in [-0.39, 0.29) is 6.04 Å². The van der Waals surface area contributed by atoms with Crippen molar-refractivity contribution in [2.24, 2.45) is 11.7 Å². The van der Waals surface area contributed by atoms with Gasteiger partial charge in [0.1, 0.15) is 0 Å². The first-order valence-electron chi connectivity index (χ1n) is 6.95. The summed E-state index contributed by atoms with van der Waals surface area (Å²) in [6.07, 6.45) is 6.69. The van der Waals surface area contributed by atoms with Gasteiger partial charge < -0.3 is 10.6 Å². The molecule has 3 rings (SSSR count). The van der Waals surface area contributed by atoms with Gasteiger partial charge in [-0.1, -0.05) is 12.1 Å². The second-order valence-corrected chi connectivity index (χ2v) is 5.50. The summed E-state index contributed by atoms with van der Waals surface area (Å²) in [7, 11) is 0. The van der Waals surface area contributed by atoms with E-state index >= 15 is 0 Å². The Morgan fingerprint density at radius 3 is 2.24 bits per heavy atom. The maximum atomic E-state index is 6.22. The molecule has 1 aliphatic carbocycles. The Labute approximate surface area is 104 Å². The number of anilines is 1. The summed E-state index contributed by atoms with van der Waals surface area (Å²) in [6, 6.07) is 9.23. The molecule has 2 nitrogen and oxygen atoms in total. The number of rotatable bonds is 3. The molecule has 0 radical (unpaired) electrons. The van der Waals surface area contributed by atoms with Gasteiger partial charge in [0.25, 0.3) is 0 Å². The van der Waals surface area contributed by atoms with Crippen LogP contribution in [0.3, 0.4) is 0 Å². The third-order valence-corrected chi connectivity index (χ3v) is 4.13. The third-order valence-electron chi connectivity index (χ3n) is 4.13. The minimum Gasteiger partial charge on any atom is -0.372 e. The van der Waals surface area contributed by atoms with E-state index in [1.54, 1.807) is 0 Å². The molecule has 1 saturated carbocycles. The topological polar surface area (TPSA) is 29.3 Å². The fraction of sp³-hybridized carbons (Fsp3) is 0.600. The smallest absolute Gasteiger partial charge is 0.0366 e. The molecule has 1 aromatic carbocycles. The monoisotopic (exact) mass is 230 g/mol. The van der Waals surface area contributed by atoms with Gasteiger partial charge in [-0.3, -0.25) is 0 Å². The van der Waals surface area contributed by atoms with Crippen molar-refractivity contribution in [3.63, 3.8) is 0 Å². The lowest BCUT2D eigenvalue weighted by molar-refractivity contribution is 0.577. The zero-order chi connectivity index (χ0) is 11.7. The molecule has 1 heterocycles. The van der Waals surface area contributed by atoms with Crippen LogP contribution in [0.25, 0.3) is 0 Å². The van der Waals surface area contributed by atoms with Gasteiger partial charge in [-0.2, -0.15) is 0 Å². The Hall–Kier alpha value is -1.02. The Bertz CT molecular complexity index is 361. The highest BCUT2D eigenvalue weighted by Crippen LogP contribution is 2.39. The van der Waals surface area contributed by atoms with Gasteiger partial charge in [-0.15, -0.1) is 0 Å². The van der Waals surface area contributed by atoms with Crippen LogP contribution in [0.2, 0.25) is 0 Å². The minimum atomic E-state index is 0.269. The van der Waals surface area contributed by atoms with E-state index in [0.29, 0.717) is 0 Å². The molecule has 0 bridgehead atoms. The highest BCUT2D eigenvalue weighted by Gasteiger charge is 2.29. The summed E-state index contributed by atoms with van der Waals surface area (Å²) in [6.45, 7) is 2.43. The summed E-state index contributed by atoms with van der Waals surface area (Å²) >= 11 is 0. The highest BCUT2D eigenvalue weighted by molar-refractivity contribution is 5.48. The van der Waals surface area contributed by atoms with Crippen LogP contribution in [0.1, 0.15) is 43.7 Å². The van der Waals surface area contributed by atoms with Gasteiger partial charge >= 0.3 is 0 Å². The first kappa shape index (κ1) is 11.1. The molecule has 17 heavy (non-hydrogen) atoms. The fourth-order valence-corrected chi connectivity index (χ4v) is 2.79. The van der Waals surface area contributed by atoms with Crippen LogP contribution in [0, 0.1) is 5.92 Å². The summed E-state index contributed by atoms with van der Waals surface area (Å²) in [5, 5.41) is 0. The first-order valence-corrected chi connectivity index (χ1v) is 6.95. The molecule has 2 fully saturated rings. The molecule has 0 spiro atoms. The molecular formula is C15H22N2. The van der Waals surface area contributed by atoms with Crippen LogP contribution in [-0.4, -0.2) is 13.1 Å². The number of nitrogens with two attached hydrogens (primary N) is 1.